The second kappa shape index (κ2) is 4.58. The van der Waals surface area contributed by atoms with Crippen molar-refractivity contribution in [1.29, 1.82) is 0 Å². The molecule has 1 unspecified atom stereocenters. The second-order valence-electron chi connectivity index (χ2n) is 3.40. The molecule has 12 heavy (non-hydrogen) atoms. The quantitative estimate of drug-likeness (QED) is 0.683. The monoisotopic (exact) mass is 172 g/mol. The highest BCUT2D eigenvalue weighted by atomic mass is 16.5. The second-order valence-corrected chi connectivity index (χ2v) is 3.40. The van der Waals surface area contributed by atoms with Crippen LogP contribution in [0, 0.1) is 5.92 Å². The summed E-state index contributed by atoms with van der Waals surface area (Å²) in [5, 5.41) is 8.97. The van der Waals surface area contributed by atoms with E-state index in [-0.39, 0.29) is 5.78 Å². The Labute approximate surface area is 72.7 Å². The zero-order valence-electron chi connectivity index (χ0n) is 7.45. The Kier molecular flexibility index (Phi) is 3.69. The highest BCUT2D eigenvalue weighted by molar-refractivity contribution is 5.82. The standard InChI is InChI=1S/C9H16O3/c1-7(10)9(11)6-8-2-4-12-5-3-8/h7-8,10H,2-6H2,1H3. The summed E-state index contributed by atoms with van der Waals surface area (Å²) in [6, 6.07) is 0. The van der Waals surface area contributed by atoms with Crippen LogP contribution in [0.15, 0.2) is 0 Å². The molecule has 1 saturated heterocycles. The summed E-state index contributed by atoms with van der Waals surface area (Å²) in [6.45, 7) is 3.05. The molecule has 0 aromatic carbocycles. The number of aliphatic hydroxyl groups is 1. The summed E-state index contributed by atoms with van der Waals surface area (Å²) in [6.07, 6.45) is 1.63. The predicted molar refractivity (Wildman–Crippen MR) is 44.8 cm³/mol. The van der Waals surface area contributed by atoms with Crippen LogP contribution >= 0.6 is 0 Å². The third-order valence-corrected chi connectivity index (χ3v) is 2.30. The van der Waals surface area contributed by atoms with Crippen molar-refractivity contribution < 1.29 is 14.6 Å². The lowest BCUT2D eigenvalue weighted by Gasteiger charge is -2.21. The summed E-state index contributed by atoms with van der Waals surface area (Å²) in [5.41, 5.74) is 0. The van der Waals surface area contributed by atoms with E-state index in [1.54, 1.807) is 0 Å². The zero-order chi connectivity index (χ0) is 8.97. The average molecular weight is 172 g/mol. The maximum atomic E-state index is 11.1. The van der Waals surface area contributed by atoms with E-state index in [1.807, 2.05) is 0 Å². The van der Waals surface area contributed by atoms with Gasteiger partial charge in [-0.3, -0.25) is 4.79 Å². The fraction of sp³-hybridized carbons (Fsp3) is 0.889. The third kappa shape index (κ3) is 2.91. The summed E-state index contributed by atoms with van der Waals surface area (Å²) >= 11 is 0. The first kappa shape index (κ1) is 9.68. The molecule has 1 fully saturated rings. The van der Waals surface area contributed by atoms with Gasteiger partial charge in [-0.05, 0) is 25.7 Å². The van der Waals surface area contributed by atoms with E-state index in [0.717, 1.165) is 26.1 Å². The van der Waals surface area contributed by atoms with Crippen molar-refractivity contribution in [3.05, 3.63) is 0 Å². The number of ether oxygens (including phenoxy) is 1. The van der Waals surface area contributed by atoms with Crippen molar-refractivity contribution in [2.75, 3.05) is 13.2 Å². The Morgan fingerprint density at radius 3 is 2.67 bits per heavy atom. The maximum Gasteiger partial charge on any atom is 0.161 e. The number of hydrogen-bond donors (Lipinski definition) is 1. The average Bonchev–Trinajstić information content (AvgIpc) is 2.06. The minimum absolute atomic E-state index is 0.0399. The number of rotatable bonds is 3. The van der Waals surface area contributed by atoms with Gasteiger partial charge in [0.1, 0.15) is 6.10 Å². The lowest BCUT2D eigenvalue weighted by molar-refractivity contribution is -0.127. The van der Waals surface area contributed by atoms with Gasteiger partial charge in [0.25, 0.3) is 0 Å². The molecule has 0 bridgehead atoms. The SMILES string of the molecule is CC(O)C(=O)CC1CCOCC1. The van der Waals surface area contributed by atoms with Crippen LogP contribution in [0.4, 0.5) is 0 Å². The van der Waals surface area contributed by atoms with Crippen LogP contribution in [-0.4, -0.2) is 30.2 Å². The van der Waals surface area contributed by atoms with Gasteiger partial charge in [-0.25, -0.2) is 0 Å². The van der Waals surface area contributed by atoms with Crippen LogP contribution in [0.2, 0.25) is 0 Å². The summed E-state index contributed by atoms with van der Waals surface area (Å²) in [4.78, 5) is 11.1. The Hall–Kier alpha value is -0.410. The van der Waals surface area contributed by atoms with Crippen LogP contribution in [0.25, 0.3) is 0 Å². The van der Waals surface area contributed by atoms with Crippen LogP contribution < -0.4 is 0 Å². The van der Waals surface area contributed by atoms with Crippen LogP contribution in [0.3, 0.4) is 0 Å². The number of carbonyl (C=O) groups is 1. The normalized spacial score (nSPS) is 22.2. The highest BCUT2D eigenvalue weighted by Crippen LogP contribution is 2.19. The maximum absolute atomic E-state index is 11.1. The zero-order valence-corrected chi connectivity index (χ0v) is 7.45. The van der Waals surface area contributed by atoms with Crippen molar-refractivity contribution in [3.63, 3.8) is 0 Å². The molecule has 0 aromatic rings. The molecule has 0 aliphatic carbocycles. The van der Waals surface area contributed by atoms with Gasteiger partial charge >= 0.3 is 0 Å². The Balaban J connectivity index is 2.24. The number of aliphatic hydroxyl groups excluding tert-OH is 1. The molecule has 0 saturated carbocycles. The molecule has 1 N–H and O–H groups in total. The molecule has 0 radical (unpaired) electrons. The van der Waals surface area contributed by atoms with Gasteiger partial charge in [0.05, 0.1) is 0 Å². The molecule has 1 heterocycles. The Morgan fingerprint density at radius 1 is 1.58 bits per heavy atom. The molecule has 70 valence electrons. The Bertz CT molecular complexity index is 148. The number of Topliss-reactive ketones (excluding diaryl/α,β-unsaturated/α-hetero) is 1. The van der Waals surface area contributed by atoms with Crippen molar-refractivity contribution in [2.24, 2.45) is 5.92 Å². The summed E-state index contributed by atoms with van der Waals surface area (Å²) < 4.78 is 5.17. The van der Waals surface area contributed by atoms with Gasteiger partial charge in [-0.2, -0.15) is 0 Å². The fourth-order valence-electron chi connectivity index (χ4n) is 1.41. The summed E-state index contributed by atoms with van der Waals surface area (Å²) in [5.74, 6) is 0.391. The van der Waals surface area contributed by atoms with Gasteiger partial charge < -0.3 is 9.84 Å². The van der Waals surface area contributed by atoms with Gasteiger partial charge in [-0.1, -0.05) is 0 Å². The molecule has 0 aromatic heterocycles. The minimum Gasteiger partial charge on any atom is -0.386 e. The summed E-state index contributed by atoms with van der Waals surface area (Å²) in [7, 11) is 0. The lowest BCUT2D eigenvalue weighted by Crippen LogP contribution is -2.23. The van der Waals surface area contributed by atoms with Crippen molar-refractivity contribution in [3.8, 4) is 0 Å². The molecule has 1 aliphatic rings. The number of carbonyl (C=O) groups excluding carboxylic acids is 1. The first-order valence-corrected chi connectivity index (χ1v) is 4.48. The first-order chi connectivity index (χ1) is 5.70. The van der Waals surface area contributed by atoms with Crippen molar-refractivity contribution in [1.82, 2.24) is 0 Å². The van der Waals surface area contributed by atoms with E-state index in [9.17, 15) is 4.79 Å². The fourth-order valence-corrected chi connectivity index (χ4v) is 1.41. The topological polar surface area (TPSA) is 46.5 Å². The predicted octanol–water partition coefficient (Wildman–Crippen LogP) is 0.753. The smallest absolute Gasteiger partial charge is 0.161 e. The van der Waals surface area contributed by atoms with E-state index in [0.29, 0.717) is 12.3 Å². The molecule has 1 aliphatic heterocycles. The molecule has 3 heteroatoms. The van der Waals surface area contributed by atoms with Crippen LogP contribution in [0.5, 0.6) is 0 Å². The molecule has 0 spiro atoms. The third-order valence-electron chi connectivity index (χ3n) is 2.30. The Morgan fingerprint density at radius 2 is 2.17 bits per heavy atom. The molecular formula is C9H16O3. The minimum atomic E-state index is -0.798. The molecular weight excluding hydrogens is 156 g/mol. The number of ketones is 1. The van der Waals surface area contributed by atoms with Gasteiger partial charge in [-0.15, -0.1) is 0 Å². The van der Waals surface area contributed by atoms with E-state index in [2.05, 4.69) is 0 Å². The number of hydrogen-bond acceptors (Lipinski definition) is 3. The first-order valence-electron chi connectivity index (χ1n) is 4.48. The van der Waals surface area contributed by atoms with Crippen LogP contribution in [-0.2, 0) is 9.53 Å². The van der Waals surface area contributed by atoms with E-state index in [4.69, 9.17) is 9.84 Å². The van der Waals surface area contributed by atoms with Crippen molar-refractivity contribution in [2.45, 2.75) is 32.3 Å². The van der Waals surface area contributed by atoms with Crippen molar-refractivity contribution >= 4 is 5.78 Å². The highest BCUT2D eigenvalue weighted by Gasteiger charge is 2.19. The molecule has 0 amide bonds. The molecule has 3 nitrogen and oxygen atoms in total. The van der Waals surface area contributed by atoms with E-state index >= 15 is 0 Å². The lowest BCUT2D eigenvalue weighted by atomic mass is 9.93. The van der Waals surface area contributed by atoms with Gasteiger partial charge in [0, 0.05) is 19.6 Å². The molecule has 1 rings (SSSR count). The molecule has 1 atom stereocenters. The van der Waals surface area contributed by atoms with Gasteiger partial charge in [0.15, 0.2) is 5.78 Å². The van der Waals surface area contributed by atoms with E-state index < -0.39 is 6.10 Å². The van der Waals surface area contributed by atoms with Crippen LogP contribution in [0.1, 0.15) is 26.2 Å². The van der Waals surface area contributed by atoms with Gasteiger partial charge in [0.2, 0.25) is 0 Å². The largest absolute Gasteiger partial charge is 0.386 e. The van der Waals surface area contributed by atoms with E-state index in [1.165, 1.54) is 6.92 Å².